The van der Waals surface area contributed by atoms with Gasteiger partial charge in [-0.25, -0.2) is 8.42 Å². The van der Waals surface area contributed by atoms with E-state index < -0.39 is 9.84 Å². The lowest BCUT2D eigenvalue weighted by Gasteiger charge is -2.07. The quantitative estimate of drug-likeness (QED) is 0.868. The van der Waals surface area contributed by atoms with E-state index in [1.807, 2.05) is 19.9 Å². The Morgan fingerprint density at radius 1 is 1.09 bits per heavy atom. The van der Waals surface area contributed by atoms with Gasteiger partial charge >= 0.3 is 0 Å². The van der Waals surface area contributed by atoms with Crippen molar-refractivity contribution in [3.63, 3.8) is 0 Å². The van der Waals surface area contributed by atoms with Crippen LogP contribution in [0, 0.1) is 0 Å². The Balaban J connectivity index is 2.46. The largest absolute Gasteiger partial charge is 0.268 e. The van der Waals surface area contributed by atoms with Crippen molar-refractivity contribution in [1.82, 2.24) is 4.57 Å². The molecule has 2 aromatic rings. The molecule has 0 atom stereocenters. The first-order valence-corrected chi connectivity index (χ1v) is 8.74. The Morgan fingerprint density at radius 2 is 1.73 bits per heavy atom. The number of carbonyl (C=O) groups excluding carboxylic acids is 1. The summed E-state index contributed by atoms with van der Waals surface area (Å²) in [4.78, 5) is 17.2. The number of hydrogen-bond donors (Lipinski definition) is 0. The molecule has 116 valence electrons. The molecule has 2 rings (SSSR count). The van der Waals surface area contributed by atoms with Gasteiger partial charge in [-0.1, -0.05) is 6.07 Å². The standard InChI is InChI=1S/C16H18N2O3S/c1-12(2)17-15-6-4-5-11-18(15)16(19)13-7-9-14(10-8-13)22(3,20)21/h4-12H,1-3H3. The molecule has 6 heteroatoms. The Bertz CT molecular complexity index is 847. The molecule has 0 spiro atoms. The number of sulfone groups is 1. The van der Waals surface area contributed by atoms with Gasteiger partial charge in [-0.15, -0.1) is 0 Å². The summed E-state index contributed by atoms with van der Waals surface area (Å²) in [6.45, 7) is 3.87. The zero-order chi connectivity index (χ0) is 16.3. The third kappa shape index (κ3) is 3.71. The third-order valence-corrected chi connectivity index (χ3v) is 4.11. The van der Waals surface area contributed by atoms with Gasteiger partial charge < -0.3 is 0 Å². The fourth-order valence-electron chi connectivity index (χ4n) is 1.96. The molecule has 0 aliphatic heterocycles. The maximum atomic E-state index is 12.6. The molecule has 0 saturated carbocycles. The average molecular weight is 318 g/mol. The Hall–Kier alpha value is -2.21. The van der Waals surface area contributed by atoms with Gasteiger partial charge in [-0.05, 0) is 50.2 Å². The summed E-state index contributed by atoms with van der Waals surface area (Å²) in [6.07, 6.45) is 2.78. The zero-order valence-corrected chi connectivity index (χ0v) is 13.5. The van der Waals surface area contributed by atoms with E-state index in [1.54, 1.807) is 18.3 Å². The second kappa shape index (κ2) is 6.27. The molecule has 22 heavy (non-hydrogen) atoms. The second-order valence-electron chi connectivity index (χ2n) is 5.25. The topological polar surface area (TPSA) is 68.5 Å². The van der Waals surface area contributed by atoms with Gasteiger partial charge in [-0.2, -0.15) is 0 Å². The number of carbonyl (C=O) groups is 1. The van der Waals surface area contributed by atoms with Gasteiger partial charge in [-0.3, -0.25) is 14.4 Å². The van der Waals surface area contributed by atoms with Crippen molar-refractivity contribution >= 4 is 15.7 Å². The molecule has 5 nitrogen and oxygen atoms in total. The van der Waals surface area contributed by atoms with Crippen LogP contribution >= 0.6 is 0 Å². The average Bonchev–Trinajstić information content (AvgIpc) is 2.46. The van der Waals surface area contributed by atoms with E-state index in [-0.39, 0.29) is 16.8 Å². The SMILES string of the molecule is CC(C)N=c1ccccn1C(=O)c1ccc(S(C)(=O)=O)cc1. The van der Waals surface area contributed by atoms with E-state index in [0.29, 0.717) is 11.1 Å². The normalized spacial score (nSPS) is 12.6. The molecule has 0 N–H and O–H groups in total. The minimum atomic E-state index is -3.27. The fraction of sp³-hybridized carbons (Fsp3) is 0.250. The van der Waals surface area contributed by atoms with E-state index >= 15 is 0 Å². The van der Waals surface area contributed by atoms with Crippen LogP contribution in [0.15, 0.2) is 58.5 Å². The van der Waals surface area contributed by atoms with Gasteiger partial charge in [0.25, 0.3) is 5.91 Å². The van der Waals surface area contributed by atoms with Crippen LogP contribution in [0.1, 0.15) is 24.2 Å². The van der Waals surface area contributed by atoms with E-state index in [2.05, 4.69) is 4.99 Å². The van der Waals surface area contributed by atoms with Gasteiger partial charge in [0.1, 0.15) is 5.49 Å². The zero-order valence-electron chi connectivity index (χ0n) is 12.7. The van der Waals surface area contributed by atoms with Crippen molar-refractivity contribution in [2.24, 2.45) is 4.99 Å². The van der Waals surface area contributed by atoms with Crippen molar-refractivity contribution in [3.05, 3.63) is 59.7 Å². The van der Waals surface area contributed by atoms with Crippen LogP contribution in [0.25, 0.3) is 0 Å². The van der Waals surface area contributed by atoms with Crippen molar-refractivity contribution in [1.29, 1.82) is 0 Å². The second-order valence-corrected chi connectivity index (χ2v) is 7.27. The molecule has 0 amide bonds. The van der Waals surface area contributed by atoms with Crippen LogP contribution in [-0.2, 0) is 9.84 Å². The predicted molar refractivity (Wildman–Crippen MR) is 84.4 cm³/mol. The first-order chi connectivity index (χ1) is 10.3. The minimum Gasteiger partial charge on any atom is -0.268 e. The van der Waals surface area contributed by atoms with Crippen LogP contribution in [0.4, 0.5) is 0 Å². The molecule has 1 heterocycles. The van der Waals surface area contributed by atoms with E-state index in [9.17, 15) is 13.2 Å². The number of hydrogen-bond acceptors (Lipinski definition) is 4. The maximum absolute atomic E-state index is 12.6. The lowest BCUT2D eigenvalue weighted by Crippen LogP contribution is -2.28. The Labute approximate surface area is 129 Å². The molecule has 0 aliphatic rings. The summed E-state index contributed by atoms with van der Waals surface area (Å²) in [7, 11) is -3.27. The molecule has 0 fully saturated rings. The molecule has 1 aromatic heterocycles. The van der Waals surface area contributed by atoms with Gasteiger partial charge in [0, 0.05) is 24.1 Å². The lowest BCUT2D eigenvalue weighted by atomic mass is 10.2. The summed E-state index contributed by atoms with van der Waals surface area (Å²) in [5.74, 6) is -0.250. The highest BCUT2D eigenvalue weighted by atomic mass is 32.2. The van der Waals surface area contributed by atoms with Gasteiger partial charge in [0.15, 0.2) is 9.84 Å². The Morgan fingerprint density at radius 3 is 2.27 bits per heavy atom. The molecule has 1 aromatic carbocycles. The molecule has 0 bridgehead atoms. The van der Waals surface area contributed by atoms with E-state index in [4.69, 9.17) is 0 Å². The smallest absolute Gasteiger partial charge is 0.263 e. The summed E-state index contributed by atoms with van der Waals surface area (Å²) < 4.78 is 24.4. The van der Waals surface area contributed by atoms with Crippen molar-refractivity contribution in [3.8, 4) is 0 Å². The number of pyridine rings is 1. The highest BCUT2D eigenvalue weighted by Crippen LogP contribution is 2.11. The highest BCUT2D eigenvalue weighted by Gasteiger charge is 2.11. The fourth-order valence-corrected chi connectivity index (χ4v) is 2.59. The van der Waals surface area contributed by atoms with Crippen LogP contribution in [0.5, 0.6) is 0 Å². The molecular formula is C16H18N2O3S. The summed E-state index contributed by atoms with van der Waals surface area (Å²) in [6, 6.07) is 11.3. The predicted octanol–water partition coefficient (Wildman–Crippen LogP) is 1.89. The van der Waals surface area contributed by atoms with Crippen LogP contribution in [0.3, 0.4) is 0 Å². The maximum Gasteiger partial charge on any atom is 0.263 e. The summed E-state index contributed by atoms with van der Waals surface area (Å²) >= 11 is 0. The third-order valence-electron chi connectivity index (χ3n) is 2.98. The van der Waals surface area contributed by atoms with Crippen LogP contribution < -0.4 is 5.49 Å². The number of nitrogens with zero attached hydrogens (tertiary/aromatic N) is 2. The van der Waals surface area contributed by atoms with Crippen molar-refractivity contribution < 1.29 is 13.2 Å². The lowest BCUT2D eigenvalue weighted by molar-refractivity contribution is 0.0954. The molecule has 0 unspecified atom stereocenters. The van der Waals surface area contributed by atoms with Crippen molar-refractivity contribution in [2.45, 2.75) is 24.8 Å². The molecule has 0 saturated heterocycles. The highest BCUT2D eigenvalue weighted by molar-refractivity contribution is 7.90. The van der Waals surface area contributed by atoms with Crippen LogP contribution in [-0.4, -0.2) is 31.2 Å². The van der Waals surface area contributed by atoms with Crippen molar-refractivity contribution in [2.75, 3.05) is 6.26 Å². The molecular weight excluding hydrogens is 300 g/mol. The summed E-state index contributed by atoms with van der Waals surface area (Å²) in [5, 5.41) is 0. The minimum absolute atomic E-state index is 0.0639. The molecule has 0 radical (unpaired) electrons. The number of benzene rings is 1. The first kappa shape index (κ1) is 16.2. The molecule has 0 aliphatic carbocycles. The first-order valence-electron chi connectivity index (χ1n) is 6.85. The number of rotatable bonds is 3. The monoisotopic (exact) mass is 318 g/mol. The van der Waals surface area contributed by atoms with E-state index in [1.165, 1.54) is 28.8 Å². The van der Waals surface area contributed by atoms with Crippen LogP contribution in [0.2, 0.25) is 0 Å². The summed E-state index contributed by atoms with van der Waals surface area (Å²) in [5.41, 5.74) is 0.971. The van der Waals surface area contributed by atoms with Gasteiger partial charge in [0.2, 0.25) is 0 Å². The Kier molecular flexibility index (Phi) is 4.61. The number of aromatic nitrogens is 1. The van der Waals surface area contributed by atoms with Gasteiger partial charge in [0.05, 0.1) is 4.90 Å². The van der Waals surface area contributed by atoms with E-state index in [0.717, 1.165) is 6.26 Å².